The van der Waals surface area contributed by atoms with Crippen LogP contribution in [-0.4, -0.2) is 10.5 Å². The van der Waals surface area contributed by atoms with Crippen LogP contribution >= 0.6 is 11.6 Å². The molecular weight excluding hydrogens is 407 g/mol. The molecule has 0 aliphatic heterocycles. The van der Waals surface area contributed by atoms with E-state index in [1.165, 1.54) is 16.8 Å². The number of carbonyl (C=O) groups excluding carboxylic acids is 1. The van der Waals surface area contributed by atoms with Gasteiger partial charge in [0.05, 0.1) is 17.5 Å². The lowest BCUT2D eigenvalue weighted by Gasteiger charge is -2.08. The van der Waals surface area contributed by atoms with Crippen molar-refractivity contribution in [3.05, 3.63) is 104 Å². The molecule has 5 nitrogen and oxygen atoms in total. The number of halogens is 2. The van der Waals surface area contributed by atoms with Gasteiger partial charge in [0, 0.05) is 23.3 Å². The minimum absolute atomic E-state index is 0.0480. The Morgan fingerprint density at radius 1 is 1.10 bits per heavy atom. The summed E-state index contributed by atoms with van der Waals surface area (Å²) in [6.45, 7) is 1.89. The van der Waals surface area contributed by atoms with Crippen LogP contribution in [0.1, 0.15) is 27.2 Å². The first-order valence-electron chi connectivity index (χ1n) is 9.33. The topological polar surface area (TPSA) is 64.2 Å². The first-order valence-corrected chi connectivity index (χ1v) is 9.71. The predicted molar refractivity (Wildman–Crippen MR) is 113 cm³/mol. The van der Waals surface area contributed by atoms with Crippen LogP contribution in [-0.2, 0) is 13.1 Å². The molecule has 4 aromatic rings. The maximum Gasteiger partial charge on any atom is 0.262 e. The lowest BCUT2D eigenvalue weighted by molar-refractivity contribution is 0.0950. The van der Waals surface area contributed by atoms with Crippen LogP contribution in [0, 0.1) is 12.7 Å². The zero-order chi connectivity index (χ0) is 21.3. The molecule has 2 aromatic heterocycles. The third-order valence-corrected chi connectivity index (χ3v) is 5.28. The van der Waals surface area contributed by atoms with E-state index in [0.717, 1.165) is 5.56 Å². The first kappa shape index (κ1) is 19.9. The third kappa shape index (κ3) is 3.74. The molecule has 0 unspecified atom stereocenters. The summed E-state index contributed by atoms with van der Waals surface area (Å²) in [5.41, 5.74) is 1.20. The summed E-state index contributed by atoms with van der Waals surface area (Å²) in [4.78, 5) is 26.0. The number of nitrogens with zero attached hydrogens (tertiary/aromatic N) is 1. The minimum atomic E-state index is -0.438. The van der Waals surface area contributed by atoms with Gasteiger partial charge in [0.1, 0.15) is 17.2 Å². The average molecular weight is 425 g/mol. The van der Waals surface area contributed by atoms with Crippen LogP contribution < -0.4 is 10.9 Å². The molecule has 0 fully saturated rings. The number of hydrogen-bond acceptors (Lipinski definition) is 3. The van der Waals surface area contributed by atoms with Crippen molar-refractivity contribution in [1.29, 1.82) is 0 Å². The molecule has 152 valence electrons. The summed E-state index contributed by atoms with van der Waals surface area (Å²) in [6, 6.07) is 15.0. The van der Waals surface area contributed by atoms with Crippen molar-refractivity contribution >= 4 is 28.5 Å². The highest BCUT2D eigenvalue weighted by Gasteiger charge is 2.22. The van der Waals surface area contributed by atoms with Crippen molar-refractivity contribution in [2.24, 2.45) is 0 Å². The maximum atomic E-state index is 14.0. The van der Waals surface area contributed by atoms with Crippen molar-refractivity contribution in [3.63, 3.8) is 0 Å². The van der Waals surface area contributed by atoms with E-state index >= 15 is 0 Å². The Hall–Kier alpha value is -3.38. The van der Waals surface area contributed by atoms with E-state index in [2.05, 4.69) is 5.32 Å². The zero-order valence-electron chi connectivity index (χ0n) is 16.1. The molecule has 0 radical (unpaired) electrons. The van der Waals surface area contributed by atoms with E-state index in [1.54, 1.807) is 43.3 Å². The number of furan rings is 1. The lowest BCUT2D eigenvalue weighted by atomic mass is 10.1. The molecule has 1 amide bonds. The van der Waals surface area contributed by atoms with E-state index in [1.807, 2.05) is 12.1 Å². The number of benzene rings is 2. The fourth-order valence-electron chi connectivity index (χ4n) is 3.38. The van der Waals surface area contributed by atoms with E-state index in [-0.39, 0.29) is 24.0 Å². The number of nitrogens with one attached hydrogen (secondary N) is 1. The second-order valence-electron chi connectivity index (χ2n) is 6.89. The van der Waals surface area contributed by atoms with Gasteiger partial charge in [-0.2, -0.15) is 0 Å². The van der Waals surface area contributed by atoms with E-state index in [4.69, 9.17) is 16.0 Å². The Kier molecular flexibility index (Phi) is 5.42. The van der Waals surface area contributed by atoms with E-state index in [9.17, 15) is 14.0 Å². The van der Waals surface area contributed by atoms with Gasteiger partial charge in [-0.1, -0.05) is 48.0 Å². The standard InChI is InChI=1S/C23H18ClFN2O3/c1-14-20(22(28)26-12-15-6-2-4-8-17(15)24)21-19(30-14)10-11-27(23(21)29)13-16-7-3-5-9-18(16)25/h2-11H,12-13H2,1H3,(H,26,28). The Labute approximate surface area is 176 Å². The summed E-state index contributed by atoms with van der Waals surface area (Å²) in [7, 11) is 0. The highest BCUT2D eigenvalue weighted by atomic mass is 35.5. The molecule has 2 aromatic carbocycles. The van der Waals surface area contributed by atoms with E-state index in [0.29, 0.717) is 21.9 Å². The van der Waals surface area contributed by atoms with Crippen molar-refractivity contribution < 1.29 is 13.6 Å². The highest BCUT2D eigenvalue weighted by Crippen LogP contribution is 2.23. The van der Waals surface area contributed by atoms with Gasteiger partial charge >= 0.3 is 0 Å². The third-order valence-electron chi connectivity index (χ3n) is 4.91. The summed E-state index contributed by atoms with van der Waals surface area (Å²) >= 11 is 6.14. The van der Waals surface area contributed by atoms with Gasteiger partial charge < -0.3 is 14.3 Å². The van der Waals surface area contributed by atoms with Gasteiger partial charge in [0.2, 0.25) is 0 Å². The summed E-state index contributed by atoms with van der Waals surface area (Å²) in [6.07, 6.45) is 1.53. The van der Waals surface area contributed by atoms with Gasteiger partial charge in [-0.3, -0.25) is 9.59 Å². The average Bonchev–Trinajstić information content (AvgIpc) is 3.07. The molecule has 2 heterocycles. The number of fused-ring (bicyclic) bond motifs is 1. The SMILES string of the molecule is Cc1oc2ccn(Cc3ccccc3F)c(=O)c2c1C(=O)NCc1ccccc1Cl. The molecule has 0 spiro atoms. The molecule has 0 saturated heterocycles. The van der Waals surface area contributed by atoms with Crippen LogP contribution in [0.5, 0.6) is 0 Å². The molecule has 30 heavy (non-hydrogen) atoms. The number of pyridine rings is 1. The summed E-state index contributed by atoms with van der Waals surface area (Å²) < 4.78 is 21.0. The Morgan fingerprint density at radius 2 is 1.80 bits per heavy atom. The van der Waals surface area contributed by atoms with Crippen LogP contribution in [0.3, 0.4) is 0 Å². The fourth-order valence-corrected chi connectivity index (χ4v) is 3.58. The number of aromatic nitrogens is 1. The van der Waals surface area contributed by atoms with Gasteiger partial charge in [-0.05, 0) is 30.7 Å². The number of carbonyl (C=O) groups is 1. The molecule has 0 bridgehead atoms. The summed E-state index contributed by atoms with van der Waals surface area (Å²) in [5.74, 6) is -0.500. The monoisotopic (exact) mass is 424 g/mol. The Balaban J connectivity index is 1.69. The van der Waals surface area contributed by atoms with Crippen molar-refractivity contribution in [1.82, 2.24) is 9.88 Å². The van der Waals surface area contributed by atoms with Crippen molar-refractivity contribution in [2.75, 3.05) is 0 Å². The summed E-state index contributed by atoms with van der Waals surface area (Å²) in [5, 5.41) is 3.50. The molecule has 7 heteroatoms. The van der Waals surface area contributed by atoms with Crippen LogP contribution in [0.15, 0.2) is 70.0 Å². The van der Waals surface area contributed by atoms with Crippen LogP contribution in [0.25, 0.3) is 11.0 Å². The largest absolute Gasteiger partial charge is 0.460 e. The molecule has 4 rings (SSSR count). The second kappa shape index (κ2) is 8.16. The number of amides is 1. The quantitative estimate of drug-likeness (QED) is 0.506. The number of hydrogen-bond donors (Lipinski definition) is 1. The fraction of sp³-hybridized carbons (Fsp3) is 0.130. The predicted octanol–water partition coefficient (Wildman–Crippen LogP) is 4.67. The highest BCUT2D eigenvalue weighted by molar-refractivity contribution is 6.31. The van der Waals surface area contributed by atoms with Gasteiger partial charge in [-0.25, -0.2) is 4.39 Å². The Morgan fingerprint density at radius 3 is 2.53 bits per heavy atom. The first-order chi connectivity index (χ1) is 14.5. The van der Waals surface area contributed by atoms with Crippen molar-refractivity contribution in [3.8, 4) is 0 Å². The molecule has 0 saturated carbocycles. The second-order valence-corrected chi connectivity index (χ2v) is 7.29. The molecule has 0 aliphatic rings. The molecule has 0 atom stereocenters. The zero-order valence-corrected chi connectivity index (χ0v) is 16.9. The van der Waals surface area contributed by atoms with Crippen molar-refractivity contribution in [2.45, 2.75) is 20.0 Å². The van der Waals surface area contributed by atoms with Crippen LogP contribution in [0.2, 0.25) is 5.02 Å². The Bertz CT molecular complexity index is 1310. The van der Waals surface area contributed by atoms with Gasteiger partial charge in [0.15, 0.2) is 0 Å². The lowest BCUT2D eigenvalue weighted by Crippen LogP contribution is -2.26. The number of rotatable bonds is 5. The molecular formula is C23H18ClFN2O3. The minimum Gasteiger partial charge on any atom is -0.460 e. The number of aryl methyl sites for hydroxylation is 1. The maximum absolute atomic E-state index is 14.0. The van der Waals surface area contributed by atoms with Crippen LogP contribution in [0.4, 0.5) is 4.39 Å². The normalized spacial score (nSPS) is 11.0. The van der Waals surface area contributed by atoms with Gasteiger partial charge in [0.25, 0.3) is 11.5 Å². The van der Waals surface area contributed by atoms with E-state index < -0.39 is 17.3 Å². The van der Waals surface area contributed by atoms with Gasteiger partial charge in [-0.15, -0.1) is 0 Å². The molecule has 1 N–H and O–H groups in total. The smallest absolute Gasteiger partial charge is 0.262 e. The molecule has 0 aliphatic carbocycles.